The van der Waals surface area contributed by atoms with Gasteiger partial charge in [-0.3, -0.25) is 30.2 Å². The summed E-state index contributed by atoms with van der Waals surface area (Å²) in [5.74, 6) is -1.20. The van der Waals surface area contributed by atoms with E-state index in [-0.39, 0.29) is 24.4 Å². The monoisotopic (exact) mass is 326 g/mol. The maximum Gasteiger partial charge on any atom is 0.288 e. The van der Waals surface area contributed by atoms with E-state index in [0.29, 0.717) is 6.54 Å². The number of nitrogens with one attached hydrogen (secondary N) is 3. The average Bonchev–Trinajstić information content (AvgIpc) is 2.64. The Balaban J connectivity index is 1.64. The zero-order valence-electron chi connectivity index (χ0n) is 13.0. The van der Waals surface area contributed by atoms with Crippen LogP contribution in [0.5, 0.6) is 0 Å². The molecule has 0 saturated heterocycles. The lowest BCUT2D eigenvalue weighted by atomic mass is 10.2. The summed E-state index contributed by atoms with van der Waals surface area (Å²) in [6.45, 7) is 0.414. The summed E-state index contributed by atoms with van der Waals surface area (Å²) in [4.78, 5) is 38.9. The minimum Gasteiger partial charge on any atom is -0.352 e. The summed E-state index contributed by atoms with van der Waals surface area (Å²) in [7, 11) is 0. The average molecular weight is 326 g/mol. The summed E-state index contributed by atoms with van der Waals surface area (Å²) in [5.41, 5.74) is 5.68. The molecule has 0 unspecified atom stereocenters. The van der Waals surface area contributed by atoms with Crippen molar-refractivity contribution in [3.63, 3.8) is 0 Å². The first-order chi connectivity index (χ1) is 11.6. The molecule has 0 radical (unpaired) electrons. The van der Waals surface area contributed by atoms with Crippen LogP contribution in [0.25, 0.3) is 0 Å². The fraction of sp³-hybridized carbons (Fsp3) is 0.176. The fourth-order valence-corrected chi connectivity index (χ4v) is 1.86. The normalized spacial score (nSPS) is 9.83. The van der Waals surface area contributed by atoms with Gasteiger partial charge in [-0.05, 0) is 17.7 Å². The number of benzene rings is 1. The van der Waals surface area contributed by atoms with Gasteiger partial charge >= 0.3 is 0 Å². The highest BCUT2D eigenvalue weighted by molar-refractivity contribution is 5.93. The Morgan fingerprint density at radius 3 is 2.25 bits per heavy atom. The highest BCUT2D eigenvalue weighted by Gasteiger charge is 2.09. The lowest BCUT2D eigenvalue weighted by Gasteiger charge is -2.07. The van der Waals surface area contributed by atoms with Crippen molar-refractivity contribution in [1.82, 2.24) is 21.2 Å². The molecule has 0 fully saturated rings. The second-order valence-corrected chi connectivity index (χ2v) is 4.98. The molecule has 3 N–H and O–H groups in total. The summed E-state index contributed by atoms with van der Waals surface area (Å²) >= 11 is 0. The molecule has 3 amide bonds. The van der Waals surface area contributed by atoms with Crippen LogP contribution >= 0.6 is 0 Å². The van der Waals surface area contributed by atoms with E-state index in [1.165, 1.54) is 12.3 Å². The van der Waals surface area contributed by atoms with Crippen molar-refractivity contribution in [2.24, 2.45) is 0 Å². The van der Waals surface area contributed by atoms with Gasteiger partial charge in [-0.15, -0.1) is 0 Å². The van der Waals surface area contributed by atoms with Gasteiger partial charge in [-0.1, -0.05) is 36.4 Å². The van der Waals surface area contributed by atoms with Crippen LogP contribution in [0.3, 0.4) is 0 Å². The third-order valence-electron chi connectivity index (χ3n) is 3.12. The molecule has 7 nitrogen and oxygen atoms in total. The molecule has 0 bridgehead atoms. The molecule has 2 rings (SSSR count). The summed E-state index contributed by atoms with van der Waals surface area (Å²) in [6.07, 6.45) is 1.50. The van der Waals surface area contributed by atoms with Crippen molar-refractivity contribution in [3.05, 3.63) is 66.0 Å². The first-order valence-corrected chi connectivity index (χ1v) is 7.46. The zero-order valence-corrected chi connectivity index (χ0v) is 13.0. The molecule has 1 aromatic carbocycles. The van der Waals surface area contributed by atoms with Crippen LogP contribution in [-0.2, 0) is 16.1 Å². The van der Waals surface area contributed by atoms with E-state index in [0.717, 1.165) is 5.56 Å². The van der Waals surface area contributed by atoms with Crippen LogP contribution in [0.15, 0.2) is 54.7 Å². The third-order valence-corrected chi connectivity index (χ3v) is 3.12. The first-order valence-electron chi connectivity index (χ1n) is 7.46. The second kappa shape index (κ2) is 9.04. The number of nitrogens with zero attached hydrogens (tertiary/aromatic N) is 1. The number of hydrogen-bond donors (Lipinski definition) is 3. The van der Waals surface area contributed by atoms with E-state index in [4.69, 9.17) is 0 Å². The van der Waals surface area contributed by atoms with Crippen LogP contribution < -0.4 is 16.2 Å². The van der Waals surface area contributed by atoms with Crippen LogP contribution in [-0.4, -0.2) is 22.7 Å². The number of carbonyl (C=O) groups excluding carboxylic acids is 3. The second-order valence-electron chi connectivity index (χ2n) is 4.98. The molecule has 24 heavy (non-hydrogen) atoms. The number of rotatable bonds is 6. The largest absolute Gasteiger partial charge is 0.352 e. The minimum absolute atomic E-state index is 0.0247. The smallest absolute Gasteiger partial charge is 0.288 e. The molecule has 0 aliphatic rings. The Morgan fingerprint density at radius 2 is 1.54 bits per heavy atom. The van der Waals surface area contributed by atoms with Crippen molar-refractivity contribution >= 4 is 17.7 Å². The molecular weight excluding hydrogens is 308 g/mol. The molecular formula is C17H18N4O3. The summed E-state index contributed by atoms with van der Waals surface area (Å²) < 4.78 is 0. The zero-order chi connectivity index (χ0) is 17.2. The van der Waals surface area contributed by atoms with Crippen molar-refractivity contribution in [3.8, 4) is 0 Å². The maximum atomic E-state index is 11.7. The van der Waals surface area contributed by atoms with Crippen molar-refractivity contribution in [2.45, 2.75) is 19.4 Å². The van der Waals surface area contributed by atoms with E-state index in [9.17, 15) is 14.4 Å². The Kier molecular flexibility index (Phi) is 6.46. The topological polar surface area (TPSA) is 100 Å². The van der Waals surface area contributed by atoms with Crippen molar-refractivity contribution in [2.75, 3.05) is 0 Å². The lowest BCUT2D eigenvalue weighted by Crippen LogP contribution is -2.42. The fourth-order valence-electron chi connectivity index (χ4n) is 1.86. The Morgan fingerprint density at radius 1 is 0.833 bits per heavy atom. The highest BCUT2D eigenvalue weighted by atomic mass is 16.2. The van der Waals surface area contributed by atoms with Gasteiger partial charge in [0.1, 0.15) is 5.69 Å². The molecule has 0 spiro atoms. The van der Waals surface area contributed by atoms with Gasteiger partial charge in [-0.25, -0.2) is 0 Å². The van der Waals surface area contributed by atoms with Crippen LogP contribution in [0.4, 0.5) is 0 Å². The third kappa shape index (κ3) is 5.88. The standard InChI is InChI=1S/C17H18N4O3/c22-15(19-12-13-6-2-1-3-7-13)9-10-16(23)20-21-17(24)14-8-4-5-11-18-14/h1-8,11H,9-10,12H2,(H,19,22)(H,20,23)(H,21,24). The number of hydrogen-bond acceptors (Lipinski definition) is 4. The summed E-state index contributed by atoms with van der Waals surface area (Å²) in [6, 6.07) is 14.4. The molecule has 124 valence electrons. The van der Waals surface area contributed by atoms with E-state index >= 15 is 0 Å². The molecule has 0 aliphatic heterocycles. The first kappa shape index (κ1) is 17.1. The van der Waals surface area contributed by atoms with E-state index < -0.39 is 11.8 Å². The van der Waals surface area contributed by atoms with Gasteiger partial charge in [0.25, 0.3) is 5.91 Å². The van der Waals surface area contributed by atoms with Crippen LogP contribution in [0.1, 0.15) is 28.9 Å². The molecule has 1 aromatic heterocycles. The Labute approximate surface area is 139 Å². The Bertz CT molecular complexity index is 689. The molecule has 0 atom stereocenters. The van der Waals surface area contributed by atoms with Gasteiger partial charge in [0.2, 0.25) is 11.8 Å². The van der Waals surface area contributed by atoms with Crippen molar-refractivity contribution in [1.29, 1.82) is 0 Å². The minimum atomic E-state index is -0.516. The maximum absolute atomic E-state index is 11.7. The predicted molar refractivity (Wildman–Crippen MR) is 87.4 cm³/mol. The van der Waals surface area contributed by atoms with Gasteiger partial charge in [0, 0.05) is 25.6 Å². The molecule has 7 heteroatoms. The number of amides is 3. The van der Waals surface area contributed by atoms with E-state index in [2.05, 4.69) is 21.2 Å². The van der Waals surface area contributed by atoms with E-state index in [1.807, 2.05) is 30.3 Å². The number of hydrazine groups is 1. The summed E-state index contributed by atoms with van der Waals surface area (Å²) in [5, 5.41) is 2.73. The Hall–Kier alpha value is -3.22. The lowest BCUT2D eigenvalue weighted by molar-refractivity contribution is -0.126. The number of carbonyl (C=O) groups is 3. The van der Waals surface area contributed by atoms with Crippen LogP contribution in [0, 0.1) is 0 Å². The van der Waals surface area contributed by atoms with Gasteiger partial charge < -0.3 is 5.32 Å². The van der Waals surface area contributed by atoms with Crippen molar-refractivity contribution < 1.29 is 14.4 Å². The predicted octanol–water partition coefficient (Wildman–Crippen LogP) is 0.939. The van der Waals surface area contributed by atoms with Gasteiger partial charge in [0.15, 0.2) is 0 Å². The molecule has 0 saturated carbocycles. The quantitative estimate of drug-likeness (QED) is 0.688. The molecule has 1 heterocycles. The van der Waals surface area contributed by atoms with Gasteiger partial charge in [0.05, 0.1) is 0 Å². The molecule has 2 aromatic rings. The number of pyridine rings is 1. The van der Waals surface area contributed by atoms with Gasteiger partial charge in [-0.2, -0.15) is 0 Å². The SMILES string of the molecule is O=C(CCC(=O)NNC(=O)c1ccccn1)NCc1ccccc1. The van der Waals surface area contributed by atoms with E-state index in [1.54, 1.807) is 12.1 Å². The van der Waals surface area contributed by atoms with Crippen LogP contribution in [0.2, 0.25) is 0 Å². The highest BCUT2D eigenvalue weighted by Crippen LogP contribution is 1.98. The molecule has 0 aliphatic carbocycles. The number of aromatic nitrogens is 1.